The molecular formula is C35H35N3O2. The molecule has 202 valence electrons. The summed E-state index contributed by atoms with van der Waals surface area (Å²) in [6.45, 7) is 2.07. The van der Waals surface area contributed by atoms with Crippen molar-refractivity contribution in [1.82, 2.24) is 10.3 Å². The number of nitrogens with one attached hydrogen (secondary N) is 2. The van der Waals surface area contributed by atoms with Crippen LogP contribution in [-0.4, -0.2) is 31.0 Å². The van der Waals surface area contributed by atoms with Crippen LogP contribution in [0.4, 0.5) is 5.69 Å². The molecule has 2 N–H and O–H groups in total. The van der Waals surface area contributed by atoms with Crippen LogP contribution in [0.5, 0.6) is 5.75 Å². The van der Waals surface area contributed by atoms with Gasteiger partial charge in [-0.3, -0.25) is 4.79 Å². The number of carbonyl (C=O) groups excluding carboxylic acids is 1. The molecule has 2 heterocycles. The van der Waals surface area contributed by atoms with Gasteiger partial charge in [0.2, 0.25) is 5.91 Å². The number of carbonyl (C=O) groups is 1. The predicted octanol–water partition coefficient (Wildman–Crippen LogP) is 6.77. The van der Waals surface area contributed by atoms with Crippen molar-refractivity contribution in [3.8, 4) is 16.9 Å². The Morgan fingerprint density at radius 3 is 2.55 bits per heavy atom. The minimum atomic E-state index is 0.154. The van der Waals surface area contributed by atoms with E-state index in [1.807, 2.05) is 48.5 Å². The highest BCUT2D eigenvalue weighted by atomic mass is 16.5. The van der Waals surface area contributed by atoms with Gasteiger partial charge in [0.15, 0.2) is 0 Å². The van der Waals surface area contributed by atoms with E-state index in [-0.39, 0.29) is 5.91 Å². The van der Waals surface area contributed by atoms with E-state index in [2.05, 4.69) is 77.0 Å². The van der Waals surface area contributed by atoms with Crippen molar-refractivity contribution in [3.05, 3.63) is 120 Å². The van der Waals surface area contributed by atoms with Gasteiger partial charge in [0.1, 0.15) is 12.4 Å². The third-order valence-corrected chi connectivity index (χ3v) is 7.84. The number of hydrogen-bond donors (Lipinski definition) is 2. The van der Waals surface area contributed by atoms with Crippen molar-refractivity contribution in [2.75, 3.05) is 25.0 Å². The molecule has 1 aliphatic rings. The average molecular weight is 530 g/mol. The van der Waals surface area contributed by atoms with Crippen LogP contribution in [0.2, 0.25) is 0 Å². The summed E-state index contributed by atoms with van der Waals surface area (Å²) in [5, 5.41) is 4.49. The van der Waals surface area contributed by atoms with Gasteiger partial charge in [0, 0.05) is 36.1 Å². The molecule has 0 spiro atoms. The molecule has 1 unspecified atom stereocenters. The zero-order valence-corrected chi connectivity index (χ0v) is 22.9. The highest BCUT2D eigenvalue weighted by Gasteiger charge is 2.28. The van der Waals surface area contributed by atoms with Gasteiger partial charge in [0.25, 0.3) is 0 Å². The average Bonchev–Trinajstić information content (AvgIpc) is 3.42. The molecule has 1 amide bonds. The molecule has 4 aromatic carbocycles. The fourth-order valence-corrected chi connectivity index (χ4v) is 5.76. The maximum Gasteiger partial charge on any atom is 0.227 e. The maximum atomic E-state index is 13.6. The van der Waals surface area contributed by atoms with Gasteiger partial charge in [-0.15, -0.1) is 0 Å². The summed E-state index contributed by atoms with van der Waals surface area (Å²) in [4.78, 5) is 18.9. The van der Waals surface area contributed by atoms with E-state index < -0.39 is 0 Å². The molecule has 0 fully saturated rings. The summed E-state index contributed by atoms with van der Waals surface area (Å²) < 4.78 is 6.22. The number of nitrogens with zero attached hydrogens (tertiary/aromatic N) is 1. The molecule has 1 aliphatic heterocycles. The summed E-state index contributed by atoms with van der Waals surface area (Å²) in [6.07, 6.45) is 4.15. The van der Waals surface area contributed by atoms with Crippen LogP contribution < -0.4 is 15.0 Å². The fraction of sp³-hybridized carbons (Fsp3) is 0.229. The topological polar surface area (TPSA) is 57.4 Å². The van der Waals surface area contributed by atoms with E-state index in [9.17, 15) is 4.79 Å². The van der Waals surface area contributed by atoms with Crippen molar-refractivity contribution >= 4 is 22.5 Å². The van der Waals surface area contributed by atoms with E-state index in [0.717, 1.165) is 35.5 Å². The highest BCUT2D eigenvalue weighted by molar-refractivity contribution is 5.95. The quantitative estimate of drug-likeness (QED) is 0.222. The number of aryl methyl sites for hydroxylation is 1. The van der Waals surface area contributed by atoms with E-state index in [1.165, 1.54) is 27.6 Å². The first-order chi connectivity index (χ1) is 19.7. The fourth-order valence-electron chi connectivity index (χ4n) is 5.76. The Balaban J connectivity index is 1.16. The first-order valence-corrected chi connectivity index (χ1v) is 14.1. The van der Waals surface area contributed by atoms with Gasteiger partial charge in [-0.25, -0.2) is 0 Å². The Bertz CT molecular complexity index is 1590. The largest absolute Gasteiger partial charge is 0.489 e. The van der Waals surface area contributed by atoms with Crippen molar-refractivity contribution in [3.63, 3.8) is 0 Å². The minimum absolute atomic E-state index is 0.154. The lowest BCUT2D eigenvalue weighted by atomic mass is 9.91. The normalized spacial score (nSPS) is 14.7. The van der Waals surface area contributed by atoms with Crippen LogP contribution in [0.15, 0.2) is 103 Å². The summed E-state index contributed by atoms with van der Waals surface area (Å²) in [5.41, 5.74) is 7.98. The van der Waals surface area contributed by atoms with E-state index in [1.54, 1.807) is 0 Å². The standard InChI is InChI=1S/C35H35N3O2/c1-36-21-26-19-29-15-17-31(40-24-25-11-13-28(14-12-25)27-7-3-2-4-8-27)20-34(29)38(23-26)35(39)18-16-30-22-37-33-10-6-5-9-32(30)33/h2-15,17,20,22,26,36-37H,16,18-19,21,23-24H2,1H3. The molecule has 1 atom stereocenters. The number of aromatic nitrogens is 1. The van der Waals surface area contributed by atoms with Crippen molar-refractivity contribution in [2.45, 2.75) is 25.9 Å². The lowest BCUT2D eigenvalue weighted by molar-refractivity contribution is -0.118. The third kappa shape index (κ3) is 5.65. The number of ether oxygens (including phenoxy) is 1. The Kier molecular flexibility index (Phi) is 7.64. The number of H-pyrrole nitrogens is 1. The summed E-state index contributed by atoms with van der Waals surface area (Å²) >= 11 is 0. The molecule has 1 aromatic heterocycles. The Morgan fingerprint density at radius 1 is 0.950 bits per heavy atom. The number of amides is 1. The van der Waals surface area contributed by atoms with Gasteiger partial charge in [-0.2, -0.15) is 0 Å². The molecule has 6 rings (SSSR count). The predicted molar refractivity (Wildman–Crippen MR) is 163 cm³/mol. The van der Waals surface area contributed by atoms with Gasteiger partial charge in [-0.05, 0) is 72.3 Å². The molecule has 0 saturated heterocycles. The number of anilines is 1. The molecule has 0 aliphatic carbocycles. The summed E-state index contributed by atoms with van der Waals surface area (Å²) in [6, 6.07) is 33.4. The molecule has 5 heteroatoms. The Morgan fingerprint density at radius 2 is 1.73 bits per heavy atom. The van der Waals surface area contributed by atoms with Crippen molar-refractivity contribution in [1.29, 1.82) is 0 Å². The van der Waals surface area contributed by atoms with Crippen LogP contribution in [0.25, 0.3) is 22.0 Å². The maximum absolute atomic E-state index is 13.6. The molecule has 0 radical (unpaired) electrons. The minimum Gasteiger partial charge on any atom is -0.489 e. The Hall–Kier alpha value is -4.35. The second-order valence-corrected chi connectivity index (χ2v) is 10.6. The molecule has 0 bridgehead atoms. The Labute approximate surface area is 235 Å². The highest BCUT2D eigenvalue weighted by Crippen LogP contribution is 2.34. The van der Waals surface area contributed by atoms with Crippen molar-refractivity contribution < 1.29 is 9.53 Å². The zero-order chi connectivity index (χ0) is 27.3. The van der Waals surface area contributed by atoms with Gasteiger partial charge < -0.3 is 19.9 Å². The first-order valence-electron chi connectivity index (χ1n) is 14.1. The summed E-state index contributed by atoms with van der Waals surface area (Å²) in [5.74, 6) is 1.32. The number of rotatable bonds is 9. The van der Waals surface area contributed by atoms with Crippen LogP contribution >= 0.6 is 0 Å². The molecular weight excluding hydrogens is 494 g/mol. The molecule has 40 heavy (non-hydrogen) atoms. The van der Waals surface area contributed by atoms with Crippen LogP contribution in [0, 0.1) is 5.92 Å². The van der Waals surface area contributed by atoms with Gasteiger partial charge >= 0.3 is 0 Å². The van der Waals surface area contributed by atoms with Crippen LogP contribution in [-0.2, 0) is 24.2 Å². The lowest BCUT2D eigenvalue weighted by Gasteiger charge is -2.35. The molecule has 0 saturated carbocycles. The van der Waals surface area contributed by atoms with Crippen LogP contribution in [0.3, 0.4) is 0 Å². The number of fused-ring (bicyclic) bond motifs is 2. The lowest BCUT2D eigenvalue weighted by Crippen LogP contribution is -2.42. The van der Waals surface area contributed by atoms with Gasteiger partial charge in [0.05, 0.1) is 5.69 Å². The molecule has 5 aromatic rings. The second kappa shape index (κ2) is 11.8. The SMILES string of the molecule is CNCC1Cc2ccc(OCc3ccc(-c4ccccc4)cc3)cc2N(C(=O)CCc2c[nH]c3ccccc23)C1. The van der Waals surface area contributed by atoms with E-state index >= 15 is 0 Å². The first kappa shape index (κ1) is 25.9. The van der Waals surface area contributed by atoms with Crippen molar-refractivity contribution in [2.24, 2.45) is 5.92 Å². The number of benzene rings is 4. The third-order valence-electron chi connectivity index (χ3n) is 7.84. The second-order valence-electron chi connectivity index (χ2n) is 10.6. The number of hydrogen-bond acceptors (Lipinski definition) is 3. The summed E-state index contributed by atoms with van der Waals surface area (Å²) in [7, 11) is 1.97. The number of aromatic amines is 1. The van der Waals surface area contributed by atoms with E-state index in [0.29, 0.717) is 31.9 Å². The van der Waals surface area contributed by atoms with Gasteiger partial charge in [-0.1, -0.05) is 78.9 Å². The smallest absolute Gasteiger partial charge is 0.227 e. The molecule has 5 nitrogen and oxygen atoms in total. The number of para-hydroxylation sites is 1. The van der Waals surface area contributed by atoms with Crippen LogP contribution in [0.1, 0.15) is 23.1 Å². The van der Waals surface area contributed by atoms with E-state index in [4.69, 9.17) is 4.74 Å². The monoisotopic (exact) mass is 529 g/mol. The zero-order valence-electron chi connectivity index (χ0n) is 22.9.